The maximum atomic E-state index is 12.8. The molecule has 0 spiro atoms. The summed E-state index contributed by atoms with van der Waals surface area (Å²) in [5, 5.41) is 0. The van der Waals surface area contributed by atoms with E-state index < -0.39 is 0 Å². The second-order valence-electron chi connectivity index (χ2n) is 6.41. The maximum Gasteiger partial charge on any atom is 0.233 e. The minimum absolute atomic E-state index is 0.204. The van der Waals surface area contributed by atoms with E-state index in [0.717, 1.165) is 27.9 Å². The molecule has 2 aliphatic rings. The second-order valence-corrected chi connectivity index (χ2v) is 7.32. The Kier molecular flexibility index (Phi) is 3.89. The topological polar surface area (TPSA) is 29.5 Å². The molecule has 0 N–H and O–H groups in total. The van der Waals surface area contributed by atoms with Crippen LogP contribution in [-0.2, 0) is 11.3 Å². The minimum atomic E-state index is -0.345. The molecule has 1 unspecified atom stereocenters. The first kappa shape index (κ1) is 15.3. The number of allylic oxidation sites excluding steroid dienone is 4. The molecule has 22 heavy (non-hydrogen) atoms. The van der Waals surface area contributed by atoms with Crippen LogP contribution in [0, 0.1) is 11.3 Å². The fourth-order valence-electron chi connectivity index (χ4n) is 3.27. The quantitative estimate of drug-likeness (QED) is 0.805. The molecule has 1 aromatic carbocycles. The highest BCUT2D eigenvalue weighted by atomic mass is 79.9. The van der Waals surface area contributed by atoms with Crippen molar-refractivity contribution in [3.05, 3.63) is 52.2 Å². The Labute approximate surface area is 139 Å². The largest absolute Gasteiger partial charge is 0.497 e. The summed E-state index contributed by atoms with van der Waals surface area (Å²) in [6, 6.07) is 7.90. The fourth-order valence-corrected chi connectivity index (χ4v) is 3.69. The third-order valence-electron chi connectivity index (χ3n) is 4.67. The van der Waals surface area contributed by atoms with Crippen molar-refractivity contribution in [3.63, 3.8) is 0 Å². The van der Waals surface area contributed by atoms with E-state index in [1.807, 2.05) is 29.2 Å². The number of carbonyl (C=O) groups is 1. The third-order valence-corrected chi connectivity index (χ3v) is 5.22. The lowest BCUT2D eigenvalue weighted by molar-refractivity contribution is -0.135. The monoisotopic (exact) mass is 361 g/mol. The van der Waals surface area contributed by atoms with Gasteiger partial charge in [0.15, 0.2) is 0 Å². The fraction of sp³-hybridized carbons (Fsp3) is 0.389. The Bertz CT molecular complexity index is 658. The number of methoxy groups -OCH3 is 1. The zero-order valence-corrected chi connectivity index (χ0v) is 14.7. The van der Waals surface area contributed by atoms with Crippen molar-refractivity contribution in [2.45, 2.75) is 26.8 Å². The highest BCUT2D eigenvalue weighted by Gasteiger charge is 2.50. The number of rotatable bonds is 3. The number of fused-ring (bicyclic) bond motifs is 1. The van der Waals surface area contributed by atoms with Crippen LogP contribution in [0.4, 0.5) is 0 Å². The molecule has 3 nitrogen and oxygen atoms in total. The van der Waals surface area contributed by atoms with E-state index in [2.05, 4.69) is 41.9 Å². The Morgan fingerprint density at radius 2 is 2.00 bits per heavy atom. The number of benzene rings is 1. The van der Waals surface area contributed by atoms with Gasteiger partial charge in [0.25, 0.3) is 0 Å². The van der Waals surface area contributed by atoms with Crippen molar-refractivity contribution >= 4 is 21.8 Å². The summed E-state index contributed by atoms with van der Waals surface area (Å²) in [5.74, 6) is 1.30. The first-order chi connectivity index (χ1) is 10.4. The maximum absolute atomic E-state index is 12.8. The van der Waals surface area contributed by atoms with Gasteiger partial charge in [-0.3, -0.25) is 4.79 Å². The van der Waals surface area contributed by atoms with E-state index in [1.54, 1.807) is 7.11 Å². The van der Waals surface area contributed by atoms with Gasteiger partial charge in [0.2, 0.25) is 5.91 Å². The van der Waals surface area contributed by atoms with Crippen LogP contribution in [0.5, 0.6) is 5.75 Å². The van der Waals surface area contributed by atoms with Gasteiger partial charge in [0.05, 0.1) is 19.1 Å². The first-order valence-corrected chi connectivity index (χ1v) is 8.25. The van der Waals surface area contributed by atoms with Gasteiger partial charge in [0.1, 0.15) is 5.75 Å². The molecule has 1 saturated heterocycles. The summed E-state index contributed by atoms with van der Waals surface area (Å²) >= 11 is 3.54. The van der Waals surface area contributed by atoms with E-state index in [9.17, 15) is 4.79 Å². The number of ether oxygens (including phenoxy) is 1. The SMILES string of the molecule is COc1ccc(CN2C(=O)C(C)(C)C3CC=C(Br)C=C32)cc1. The molecular weight excluding hydrogens is 342 g/mol. The van der Waals surface area contributed by atoms with Crippen LogP contribution in [0.15, 0.2) is 46.6 Å². The molecule has 4 heteroatoms. The summed E-state index contributed by atoms with van der Waals surface area (Å²) < 4.78 is 6.25. The van der Waals surface area contributed by atoms with Crippen LogP contribution in [0.1, 0.15) is 25.8 Å². The predicted molar refractivity (Wildman–Crippen MR) is 90.5 cm³/mol. The molecule has 1 aromatic rings. The van der Waals surface area contributed by atoms with Crippen molar-refractivity contribution in [1.82, 2.24) is 4.90 Å². The Hall–Kier alpha value is -1.55. The molecule has 0 radical (unpaired) electrons. The van der Waals surface area contributed by atoms with Crippen molar-refractivity contribution in [3.8, 4) is 5.75 Å². The Balaban J connectivity index is 1.91. The lowest BCUT2D eigenvalue weighted by Gasteiger charge is -2.24. The Morgan fingerprint density at radius 3 is 2.64 bits per heavy atom. The smallest absolute Gasteiger partial charge is 0.233 e. The zero-order chi connectivity index (χ0) is 15.9. The number of likely N-dealkylation sites (tertiary alicyclic amines) is 1. The van der Waals surface area contributed by atoms with Crippen LogP contribution < -0.4 is 4.74 Å². The second kappa shape index (κ2) is 5.58. The van der Waals surface area contributed by atoms with E-state index in [1.165, 1.54) is 0 Å². The van der Waals surface area contributed by atoms with Crippen LogP contribution in [0.3, 0.4) is 0 Å². The standard InChI is InChI=1S/C18H20BrNO2/c1-18(2)15-9-6-13(19)10-16(15)20(17(18)21)11-12-4-7-14(22-3)8-5-12/h4-8,10,15H,9,11H2,1-3H3. The van der Waals surface area contributed by atoms with Gasteiger partial charge in [-0.25, -0.2) is 0 Å². The molecular formula is C18H20BrNO2. The number of hydrogen-bond acceptors (Lipinski definition) is 2. The molecule has 1 aliphatic heterocycles. The number of nitrogens with zero attached hydrogens (tertiary/aromatic N) is 1. The van der Waals surface area contributed by atoms with Gasteiger partial charge in [-0.1, -0.05) is 48.0 Å². The number of halogens is 1. The van der Waals surface area contributed by atoms with Crippen molar-refractivity contribution in [2.75, 3.05) is 7.11 Å². The highest BCUT2D eigenvalue weighted by Crippen LogP contribution is 2.48. The third kappa shape index (κ3) is 2.50. The molecule has 116 valence electrons. The van der Waals surface area contributed by atoms with Crippen molar-refractivity contribution < 1.29 is 9.53 Å². The van der Waals surface area contributed by atoms with Crippen molar-refractivity contribution in [1.29, 1.82) is 0 Å². The van der Waals surface area contributed by atoms with E-state index in [4.69, 9.17) is 4.74 Å². The predicted octanol–water partition coefficient (Wildman–Crippen LogP) is 4.25. The number of carbonyl (C=O) groups excluding carboxylic acids is 1. The summed E-state index contributed by atoms with van der Waals surface area (Å²) in [5.41, 5.74) is 1.89. The van der Waals surface area contributed by atoms with Crippen LogP contribution >= 0.6 is 15.9 Å². The molecule has 0 bridgehead atoms. The van der Waals surface area contributed by atoms with E-state index in [0.29, 0.717) is 6.54 Å². The molecule has 1 aliphatic carbocycles. The minimum Gasteiger partial charge on any atom is -0.497 e. The average molecular weight is 362 g/mol. The molecule has 1 atom stereocenters. The molecule has 1 heterocycles. The van der Waals surface area contributed by atoms with Crippen LogP contribution in [0.25, 0.3) is 0 Å². The van der Waals surface area contributed by atoms with E-state index in [-0.39, 0.29) is 17.2 Å². The molecule has 3 rings (SSSR count). The van der Waals surface area contributed by atoms with Gasteiger partial charge in [-0.05, 0) is 30.2 Å². The van der Waals surface area contributed by atoms with Gasteiger partial charge in [-0.2, -0.15) is 0 Å². The summed E-state index contributed by atoms with van der Waals surface area (Å²) in [4.78, 5) is 14.8. The lowest BCUT2D eigenvalue weighted by atomic mass is 9.77. The summed E-state index contributed by atoms with van der Waals surface area (Å²) in [6.07, 6.45) is 5.15. The van der Waals surface area contributed by atoms with Gasteiger partial charge in [-0.15, -0.1) is 0 Å². The normalized spacial score (nSPS) is 23.0. The molecule has 1 fully saturated rings. The van der Waals surface area contributed by atoms with E-state index >= 15 is 0 Å². The van der Waals surface area contributed by atoms with Crippen molar-refractivity contribution in [2.24, 2.45) is 11.3 Å². The lowest BCUT2D eigenvalue weighted by Crippen LogP contribution is -2.31. The Morgan fingerprint density at radius 1 is 1.32 bits per heavy atom. The molecule has 1 amide bonds. The number of hydrogen-bond donors (Lipinski definition) is 0. The molecule has 0 saturated carbocycles. The van der Waals surface area contributed by atoms with Gasteiger partial charge < -0.3 is 9.64 Å². The van der Waals surface area contributed by atoms with Crippen LogP contribution in [0.2, 0.25) is 0 Å². The highest BCUT2D eigenvalue weighted by molar-refractivity contribution is 9.11. The number of amides is 1. The van der Waals surface area contributed by atoms with Gasteiger partial charge >= 0.3 is 0 Å². The summed E-state index contributed by atoms with van der Waals surface area (Å²) in [6.45, 7) is 4.71. The molecule has 0 aromatic heterocycles. The summed E-state index contributed by atoms with van der Waals surface area (Å²) in [7, 11) is 1.66. The zero-order valence-electron chi connectivity index (χ0n) is 13.1. The first-order valence-electron chi connectivity index (χ1n) is 7.45. The average Bonchev–Trinajstić information content (AvgIpc) is 2.69. The van der Waals surface area contributed by atoms with Gasteiger partial charge in [0, 0.05) is 16.1 Å². The van der Waals surface area contributed by atoms with Crippen LogP contribution in [-0.4, -0.2) is 17.9 Å².